The molecule has 0 spiro atoms. The summed E-state index contributed by atoms with van der Waals surface area (Å²) in [5, 5.41) is 0.903. The van der Waals surface area contributed by atoms with Gasteiger partial charge in [0.1, 0.15) is 5.82 Å². The third-order valence-electron chi connectivity index (χ3n) is 1.23. The van der Waals surface area contributed by atoms with Gasteiger partial charge < -0.3 is 5.73 Å². The molecule has 0 saturated heterocycles. The minimum Gasteiger partial charge on any atom is -0.384 e. The molecule has 1 rings (SSSR count). The number of aromatic nitrogens is 1. The standard InChI is InChI=1S/C9H9BrN2/c10-5-2-1-3-8-4-6-12-9(11)7-8/h4,6-7H,2,5H2,(H2,11,12). The molecule has 1 aromatic rings. The lowest BCUT2D eigenvalue weighted by molar-refractivity contribution is 1.31. The van der Waals surface area contributed by atoms with Gasteiger partial charge in [0.2, 0.25) is 0 Å². The Hall–Kier alpha value is -1.01. The second-order valence-electron chi connectivity index (χ2n) is 2.21. The number of alkyl halides is 1. The van der Waals surface area contributed by atoms with E-state index in [1.165, 1.54) is 0 Å². The highest BCUT2D eigenvalue weighted by molar-refractivity contribution is 9.09. The van der Waals surface area contributed by atoms with Crippen LogP contribution in [0.2, 0.25) is 0 Å². The summed E-state index contributed by atoms with van der Waals surface area (Å²) in [6.07, 6.45) is 2.51. The number of anilines is 1. The Labute approximate surface area is 80.3 Å². The van der Waals surface area contributed by atoms with Crippen LogP contribution in [-0.2, 0) is 0 Å². The lowest BCUT2D eigenvalue weighted by Crippen LogP contribution is -1.88. The topological polar surface area (TPSA) is 38.9 Å². The van der Waals surface area contributed by atoms with Crippen LogP contribution in [0.5, 0.6) is 0 Å². The minimum atomic E-state index is 0.514. The molecule has 0 aliphatic rings. The maximum Gasteiger partial charge on any atom is 0.124 e. The molecule has 0 bridgehead atoms. The smallest absolute Gasteiger partial charge is 0.124 e. The van der Waals surface area contributed by atoms with Crippen molar-refractivity contribution < 1.29 is 0 Å². The fourth-order valence-corrected chi connectivity index (χ4v) is 0.936. The maximum absolute atomic E-state index is 5.47. The van der Waals surface area contributed by atoms with Gasteiger partial charge in [-0.1, -0.05) is 27.8 Å². The van der Waals surface area contributed by atoms with Gasteiger partial charge in [-0.25, -0.2) is 4.98 Å². The van der Waals surface area contributed by atoms with Gasteiger partial charge in [0.25, 0.3) is 0 Å². The minimum absolute atomic E-state index is 0.514. The molecule has 0 aliphatic carbocycles. The van der Waals surface area contributed by atoms with Crippen molar-refractivity contribution in [3.63, 3.8) is 0 Å². The van der Waals surface area contributed by atoms with Crippen LogP contribution in [0.1, 0.15) is 12.0 Å². The summed E-state index contributed by atoms with van der Waals surface area (Å²) in [5.74, 6) is 6.50. The Kier molecular flexibility index (Phi) is 3.62. The summed E-state index contributed by atoms with van der Waals surface area (Å²) in [5.41, 5.74) is 6.39. The Bertz CT molecular complexity index is 312. The van der Waals surface area contributed by atoms with E-state index in [0.717, 1.165) is 17.3 Å². The van der Waals surface area contributed by atoms with Crippen LogP contribution in [0.4, 0.5) is 5.82 Å². The molecule has 1 heterocycles. The van der Waals surface area contributed by atoms with Crippen LogP contribution in [0, 0.1) is 11.8 Å². The Morgan fingerprint density at radius 3 is 3.08 bits per heavy atom. The molecule has 0 unspecified atom stereocenters. The van der Waals surface area contributed by atoms with Gasteiger partial charge in [-0.05, 0) is 12.1 Å². The summed E-state index contributed by atoms with van der Waals surface area (Å²) in [7, 11) is 0. The first-order chi connectivity index (χ1) is 5.83. The molecule has 3 heteroatoms. The van der Waals surface area contributed by atoms with Crippen molar-refractivity contribution in [2.24, 2.45) is 0 Å². The molecular weight excluding hydrogens is 216 g/mol. The van der Waals surface area contributed by atoms with Crippen molar-refractivity contribution in [3.05, 3.63) is 23.9 Å². The van der Waals surface area contributed by atoms with E-state index in [1.807, 2.05) is 6.07 Å². The van der Waals surface area contributed by atoms with Gasteiger partial charge in [0.05, 0.1) is 0 Å². The molecule has 0 amide bonds. The molecular formula is C9H9BrN2. The van der Waals surface area contributed by atoms with Crippen molar-refractivity contribution >= 4 is 21.7 Å². The van der Waals surface area contributed by atoms with Gasteiger partial charge in [0.15, 0.2) is 0 Å². The maximum atomic E-state index is 5.47. The van der Waals surface area contributed by atoms with E-state index in [4.69, 9.17) is 5.73 Å². The molecule has 0 fully saturated rings. The number of halogens is 1. The van der Waals surface area contributed by atoms with Gasteiger partial charge in [-0.2, -0.15) is 0 Å². The number of pyridine rings is 1. The predicted octanol–water partition coefficient (Wildman–Crippen LogP) is 1.80. The zero-order valence-corrected chi connectivity index (χ0v) is 8.13. The second kappa shape index (κ2) is 4.78. The van der Waals surface area contributed by atoms with Crippen LogP contribution in [0.15, 0.2) is 18.3 Å². The van der Waals surface area contributed by atoms with Gasteiger partial charge in [0, 0.05) is 23.5 Å². The van der Waals surface area contributed by atoms with Crippen molar-refractivity contribution in [1.82, 2.24) is 4.98 Å². The van der Waals surface area contributed by atoms with Crippen LogP contribution in [0.25, 0.3) is 0 Å². The first-order valence-electron chi connectivity index (χ1n) is 3.59. The van der Waals surface area contributed by atoms with Crippen molar-refractivity contribution in [2.45, 2.75) is 6.42 Å². The average Bonchev–Trinajstić information content (AvgIpc) is 2.05. The Morgan fingerprint density at radius 2 is 2.42 bits per heavy atom. The molecule has 0 aromatic carbocycles. The molecule has 0 saturated carbocycles. The number of rotatable bonds is 1. The van der Waals surface area contributed by atoms with Gasteiger partial charge in [-0.3, -0.25) is 0 Å². The lowest BCUT2D eigenvalue weighted by atomic mass is 10.2. The van der Waals surface area contributed by atoms with Crippen LogP contribution < -0.4 is 5.73 Å². The summed E-state index contributed by atoms with van der Waals surface area (Å²) < 4.78 is 0. The molecule has 1 aromatic heterocycles. The predicted molar refractivity (Wildman–Crippen MR) is 53.9 cm³/mol. The molecule has 12 heavy (non-hydrogen) atoms. The number of nitrogen functional groups attached to an aromatic ring is 1. The van der Waals surface area contributed by atoms with E-state index in [0.29, 0.717) is 5.82 Å². The zero-order valence-electron chi connectivity index (χ0n) is 6.55. The summed E-state index contributed by atoms with van der Waals surface area (Å²) in [4.78, 5) is 3.87. The van der Waals surface area contributed by atoms with Crippen LogP contribution >= 0.6 is 15.9 Å². The summed E-state index contributed by atoms with van der Waals surface area (Å²) in [6.45, 7) is 0. The third kappa shape index (κ3) is 2.93. The summed E-state index contributed by atoms with van der Waals surface area (Å²) in [6, 6.07) is 3.61. The number of hydrogen-bond donors (Lipinski definition) is 1. The van der Waals surface area contributed by atoms with Crippen molar-refractivity contribution in [3.8, 4) is 11.8 Å². The molecule has 62 valence electrons. The number of hydrogen-bond acceptors (Lipinski definition) is 2. The molecule has 0 radical (unpaired) electrons. The number of nitrogens with two attached hydrogens (primary N) is 1. The van der Waals surface area contributed by atoms with Crippen LogP contribution in [-0.4, -0.2) is 10.3 Å². The van der Waals surface area contributed by atoms with Crippen molar-refractivity contribution in [2.75, 3.05) is 11.1 Å². The molecule has 2 nitrogen and oxygen atoms in total. The highest BCUT2D eigenvalue weighted by Gasteiger charge is 1.87. The highest BCUT2D eigenvalue weighted by atomic mass is 79.9. The van der Waals surface area contributed by atoms with E-state index in [-0.39, 0.29) is 0 Å². The largest absolute Gasteiger partial charge is 0.384 e. The molecule has 0 aliphatic heterocycles. The summed E-state index contributed by atoms with van der Waals surface area (Å²) >= 11 is 3.30. The second-order valence-corrected chi connectivity index (χ2v) is 3.00. The monoisotopic (exact) mass is 224 g/mol. The normalized spacial score (nSPS) is 8.75. The van der Waals surface area contributed by atoms with Crippen LogP contribution in [0.3, 0.4) is 0 Å². The fourth-order valence-electron chi connectivity index (χ4n) is 0.738. The fraction of sp³-hybridized carbons (Fsp3) is 0.222. The number of nitrogens with zero attached hydrogens (tertiary/aromatic N) is 1. The lowest BCUT2D eigenvalue weighted by Gasteiger charge is -1.90. The van der Waals surface area contributed by atoms with Crippen molar-refractivity contribution in [1.29, 1.82) is 0 Å². The first-order valence-corrected chi connectivity index (χ1v) is 4.71. The van der Waals surface area contributed by atoms with E-state index < -0.39 is 0 Å². The molecule has 0 atom stereocenters. The highest BCUT2D eigenvalue weighted by Crippen LogP contribution is 2.00. The Morgan fingerprint density at radius 1 is 1.58 bits per heavy atom. The zero-order chi connectivity index (χ0) is 8.81. The van der Waals surface area contributed by atoms with E-state index in [2.05, 4.69) is 32.8 Å². The quantitative estimate of drug-likeness (QED) is 0.584. The van der Waals surface area contributed by atoms with Gasteiger partial charge in [-0.15, -0.1) is 0 Å². The van der Waals surface area contributed by atoms with Gasteiger partial charge >= 0.3 is 0 Å². The SMILES string of the molecule is Nc1cc(C#CCCBr)ccn1. The van der Waals surface area contributed by atoms with E-state index >= 15 is 0 Å². The van der Waals surface area contributed by atoms with E-state index in [9.17, 15) is 0 Å². The first kappa shape index (κ1) is 9.08. The van der Waals surface area contributed by atoms with E-state index in [1.54, 1.807) is 12.3 Å². The third-order valence-corrected chi connectivity index (χ3v) is 1.63. The average molecular weight is 225 g/mol. The Balaban J connectivity index is 2.71. The molecule has 2 N–H and O–H groups in total.